The molecule has 1 aliphatic heterocycles. The second-order valence-electron chi connectivity index (χ2n) is 4.47. The molecule has 2 aliphatic rings. The second kappa shape index (κ2) is 2.81. The Labute approximate surface area is 84.0 Å². The van der Waals surface area contributed by atoms with Gasteiger partial charge in [-0.15, -0.1) is 0 Å². The molecule has 2 nitrogen and oxygen atoms in total. The van der Waals surface area contributed by atoms with E-state index in [1.54, 1.807) is 0 Å². The number of aliphatic hydroxyl groups is 1. The van der Waals surface area contributed by atoms with E-state index in [1.165, 1.54) is 11.1 Å². The summed E-state index contributed by atoms with van der Waals surface area (Å²) in [5, 5.41) is 13.9. The highest BCUT2D eigenvalue weighted by Gasteiger charge is 2.45. The van der Waals surface area contributed by atoms with Crippen molar-refractivity contribution in [3.63, 3.8) is 0 Å². The van der Waals surface area contributed by atoms with Gasteiger partial charge in [0.25, 0.3) is 0 Å². The van der Waals surface area contributed by atoms with Gasteiger partial charge in [-0.2, -0.15) is 0 Å². The van der Waals surface area contributed by atoms with Crippen LogP contribution in [0.1, 0.15) is 30.0 Å². The van der Waals surface area contributed by atoms with Crippen molar-refractivity contribution in [3.8, 4) is 0 Å². The zero-order chi connectivity index (χ0) is 9.60. The number of piperidine rings is 1. The van der Waals surface area contributed by atoms with E-state index in [-0.39, 0.29) is 6.04 Å². The van der Waals surface area contributed by atoms with Crippen LogP contribution in [0.5, 0.6) is 0 Å². The van der Waals surface area contributed by atoms with E-state index in [2.05, 4.69) is 29.6 Å². The lowest BCUT2D eigenvalue weighted by Crippen LogP contribution is -2.46. The molecule has 1 aliphatic carbocycles. The Morgan fingerprint density at radius 1 is 1.36 bits per heavy atom. The molecule has 0 amide bonds. The number of rotatable bonds is 0. The van der Waals surface area contributed by atoms with Crippen molar-refractivity contribution in [1.82, 2.24) is 5.32 Å². The first-order chi connectivity index (χ1) is 6.80. The predicted octanol–water partition coefficient (Wildman–Crippen LogP) is 1.40. The predicted molar refractivity (Wildman–Crippen MR) is 55.1 cm³/mol. The molecule has 2 atom stereocenters. The Morgan fingerprint density at radius 2 is 2.21 bits per heavy atom. The van der Waals surface area contributed by atoms with Crippen LogP contribution in [-0.2, 0) is 6.42 Å². The highest BCUT2D eigenvalue weighted by atomic mass is 16.3. The largest absolute Gasteiger partial charge is 0.388 e. The van der Waals surface area contributed by atoms with Crippen LogP contribution in [0.25, 0.3) is 0 Å². The van der Waals surface area contributed by atoms with E-state index >= 15 is 0 Å². The van der Waals surface area contributed by atoms with Crippen molar-refractivity contribution in [2.45, 2.75) is 30.9 Å². The molecular formula is C12H15NO. The van der Waals surface area contributed by atoms with Gasteiger partial charge in [-0.3, -0.25) is 0 Å². The van der Waals surface area contributed by atoms with Crippen LogP contribution < -0.4 is 5.32 Å². The minimum Gasteiger partial charge on any atom is -0.388 e. The molecule has 74 valence electrons. The van der Waals surface area contributed by atoms with E-state index < -0.39 is 5.60 Å². The lowest BCUT2D eigenvalue weighted by Gasteiger charge is -2.35. The molecule has 1 aromatic carbocycles. The number of nitrogens with one attached hydrogen (secondary N) is 1. The quantitative estimate of drug-likeness (QED) is 0.646. The minimum absolute atomic E-state index is 0.174. The lowest BCUT2D eigenvalue weighted by molar-refractivity contribution is -0.0122. The van der Waals surface area contributed by atoms with Crippen LogP contribution in [0.4, 0.5) is 0 Å². The third-order valence-electron chi connectivity index (χ3n) is 3.53. The molecule has 1 heterocycles. The van der Waals surface area contributed by atoms with Crippen LogP contribution in [0, 0.1) is 0 Å². The molecule has 0 aromatic heterocycles. The molecule has 2 N–H and O–H groups in total. The third-order valence-corrected chi connectivity index (χ3v) is 3.53. The van der Waals surface area contributed by atoms with Crippen molar-refractivity contribution < 1.29 is 5.11 Å². The summed E-state index contributed by atoms with van der Waals surface area (Å²) in [5.41, 5.74) is 2.10. The van der Waals surface area contributed by atoms with E-state index in [0.29, 0.717) is 0 Å². The maximum atomic E-state index is 10.5. The summed E-state index contributed by atoms with van der Waals surface area (Å²) in [5.74, 6) is 0. The monoisotopic (exact) mass is 189 g/mol. The van der Waals surface area contributed by atoms with E-state index in [1.807, 2.05) is 0 Å². The van der Waals surface area contributed by atoms with Crippen LogP contribution in [0.15, 0.2) is 24.3 Å². The second-order valence-corrected chi connectivity index (χ2v) is 4.47. The van der Waals surface area contributed by atoms with Crippen molar-refractivity contribution in [2.75, 3.05) is 6.54 Å². The minimum atomic E-state index is -0.512. The Kier molecular flexibility index (Phi) is 1.70. The first-order valence-corrected chi connectivity index (χ1v) is 5.33. The van der Waals surface area contributed by atoms with Crippen molar-refractivity contribution in [1.29, 1.82) is 0 Å². The fraction of sp³-hybridized carbons (Fsp3) is 0.500. The van der Waals surface area contributed by atoms with Gasteiger partial charge in [0.15, 0.2) is 0 Å². The molecule has 1 fully saturated rings. The van der Waals surface area contributed by atoms with Crippen LogP contribution >= 0.6 is 0 Å². The molecule has 1 aromatic rings. The molecule has 1 saturated heterocycles. The number of benzene rings is 1. The molecule has 3 rings (SSSR count). The number of fused-ring (bicyclic) bond motifs is 3. The summed E-state index contributed by atoms with van der Waals surface area (Å²) in [6, 6.07) is 8.55. The Morgan fingerprint density at radius 3 is 3.14 bits per heavy atom. The SMILES string of the molecule is O[C@]12CCCN[C@H]1c1ccccc1C2. The standard InChI is InChI=1S/C12H15NO/c14-12-6-3-7-13-11(12)10-5-2-1-4-9(10)8-12/h1-2,4-5,11,13-14H,3,6-8H2/t11-,12-/m0/s1. The normalized spacial score (nSPS) is 35.1. The van der Waals surface area contributed by atoms with Gasteiger partial charge in [0, 0.05) is 6.42 Å². The summed E-state index contributed by atoms with van der Waals surface area (Å²) >= 11 is 0. The van der Waals surface area contributed by atoms with Crippen molar-refractivity contribution >= 4 is 0 Å². The van der Waals surface area contributed by atoms with Gasteiger partial charge in [-0.1, -0.05) is 24.3 Å². The lowest BCUT2D eigenvalue weighted by atomic mass is 9.87. The molecule has 0 saturated carbocycles. The highest BCUT2D eigenvalue weighted by molar-refractivity contribution is 5.39. The number of hydrogen-bond donors (Lipinski definition) is 2. The van der Waals surface area contributed by atoms with Gasteiger partial charge in [0.1, 0.15) is 0 Å². The van der Waals surface area contributed by atoms with Gasteiger partial charge >= 0.3 is 0 Å². The first kappa shape index (κ1) is 8.45. The van der Waals surface area contributed by atoms with E-state index in [0.717, 1.165) is 25.8 Å². The maximum absolute atomic E-state index is 10.5. The van der Waals surface area contributed by atoms with Gasteiger partial charge in [-0.25, -0.2) is 0 Å². The van der Waals surface area contributed by atoms with Gasteiger partial charge in [-0.05, 0) is 30.5 Å². The molecule has 0 radical (unpaired) electrons. The summed E-state index contributed by atoms with van der Waals surface area (Å²) in [7, 11) is 0. The Bertz CT molecular complexity index is 363. The molecular weight excluding hydrogens is 174 g/mol. The fourth-order valence-corrected chi connectivity index (χ4v) is 2.87. The summed E-state index contributed by atoms with van der Waals surface area (Å²) in [6.07, 6.45) is 2.83. The van der Waals surface area contributed by atoms with E-state index in [4.69, 9.17) is 0 Å². The zero-order valence-corrected chi connectivity index (χ0v) is 8.16. The summed E-state index contributed by atoms with van der Waals surface area (Å²) in [6.45, 7) is 1.03. The van der Waals surface area contributed by atoms with Gasteiger partial charge in [0.2, 0.25) is 0 Å². The van der Waals surface area contributed by atoms with Gasteiger partial charge < -0.3 is 10.4 Å². The Hall–Kier alpha value is -0.860. The summed E-state index contributed by atoms with van der Waals surface area (Å²) < 4.78 is 0. The van der Waals surface area contributed by atoms with Crippen molar-refractivity contribution in [3.05, 3.63) is 35.4 Å². The molecule has 2 heteroatoms. The average Bonchev–Trinajstić information content (AvgIpc) is 2.49. The van der Waals surface area contributed by atoms with Crippen LogP contribution in [0.2, 0.25) is 0 Å². The molecule has 0 unspecified atom stereocenters. The van der Waals surface area contributed by atoms with Gasteiger partial charge in [0.05, 0.1) is 11.6 Å². The Balaban J connectivity index is 2.07. The molecule has 14 heavy (non-hydrogen) atoms. The molecule has 0 bridgehead atoms. The average molecular weight is 189 g/mol. The number of hydrogen-bond acceptors (Lipinski definition) is 2. The van der Waals surface area contributed by atoms with Crippen LogP contribution in [-0.4, -0.2) is 17.3 Å². The zero-order valence-electron chi connectivity index (χ0n) is 8.16. The van der Waals surface area contributed by atoms with Crippen molar-refractivity contribution in [2.24, 2.45) is 0 Å². The maximum Gasteiger partial charge on any atom is 0.0882 e. The van der Waals surface area contributed by atoms with E-state index in [9.17, 15) is 5.11 Å². The summed E-state index contributed by atoms with van der Waals surface area (Å²) in [4.78, 5) is 0. The highest BCUT2D eigenvalue weighted by Crippen LogP contribution is 2.43. The molecule has 0 spiro atoms. The smallest absolute Gasteiger partial charge is 0.0882 e. The topological polar surface area (TPSA) is 32.3 Å². The van der Waals surface area contributed by atoms with Crippen LogP contribution in [0.3, 0.4) is 0 Å². The third kappa shape index (κ3) is 1.04. The fourth-order valence-electron chi connectivity index (χ4n) is 2.87. The first-order valence-electron chi connectivity index (χ1n) is 5.33.